The monoisotopic (exact) mass is 335 g/mol. The Hall–Kier alpha value is -1.36. The Labute approximate surface area is 138 Å². The van der Waals surface area contributed by atoms with Gasteiger partial charge in [0.05, 0.1) is 11.2 Å². The number of hydrogen-bond donors (Lipinski definition) is 1. The summed E-state index contributed by atoms with van der Waals surface area (Å²) >= 11 is 0. The van der Waals surface area contributed by atoms with Gasteiger partial charge >= 0.3 is 0 Å². The lowest BCUT2D eigenvalue weighted by molar-refractivity contribution is -0.123. The van der Waals surface area contributed by atoms with Crippen molar-refractivity contribution in [2.24, 2.45) is 0 Å². The van der Waals surface area contributed by atoms with Crippen LogP contribution in [0.15, 0.2) is 24.3 Å². The number of amides is 1. The molecule has 126 valence electrons. The van der Waals surface area contributed by atoms with E-state index in [1.807, 2.05) is 12.1 Å². The molecule has 3 atom stereocenters. The SMILES string of the molecule is CS(=O)(=O)[C@@H]1CCC[C@@H](NC(=O)[C@@H]2CCCc3ccccc32)C1. The highest BCUT2D eigenvalue weighted by atomic mass is 32.2. The molecule has 1 aromatic carbocycles. The van der Waals surface area contributed by atoms with Crippen molar-refractivity contribution in [3.8, 4) is 0 Å². The highest BCUT2D eigenvalue weighted by molar-refractivity contribution is 7.91. The number of carbonyl (C=O) groups excluding carboxylic acids is 1. The van der Waals surface area contributed by atoms with Gasteiger partial charge in [-0.15, -0.1) is 0 Å². The molecule has 4 nitrogen and oxygen atoms in total. The lowest BCUT2D eigenvalue weighted by Gasteiger charge is -2.31. The molecule has 1 saturated carbocycles. The quantitative estimate of drug-likeness (QED) is 0.923. The minimum absolute atomic E-state index is 0.00920. The maximum Gasteiger partial charge on any atom is 0.227 e. The first-order chi connectivity index (χ1) is 10.9. The van der Waals surface area contributed by atoms with Gasteiger partial charge in [0, 0.05) is 12.3 Å². The van der Waals surface area contributed by atoms with Gasteiger partial charge in [0.25, 0.3) is 0 Å². The lowest BCUT2D eigenvalue weighted by atomic mass is 9.82. The number of fused-ring (bicyclic) bond motifs is 1. The molecule has 1 N–H and O–H groups in total. The smallest absolute Gasteiger partial charge is 0.227 e. The summed E-state index contributed by atoms with van der Waals surface area (Å²) in [5, 5.41) is 2.82. The largest absolute Gasteiger partial charge is 0.353 e. The van der Waals surface area contributed by atoms with Crippen LogP contribution in [-0.2, 0) is 21.1 Å². The van der Waals surface area contributed by atoms with Crippen LogP contribution < -0.4 is 5.32 Å². The lowest BCUT2D eigenvalue weighted by Crippen LogP contribution is -2.44. The predicted octanol–water partition coefficient (Wildman–Crippen LogP) is 2.58. The fourth-order valence-corrected chi connectivity index (χ4v) is 5.17. The maximum absolute atomic E-state index is 12.7. The van der Waals surface area contributed by atoms with Crippen LogP contribution >= 0.6 is 0 Å². The highest BCUT2D eigenvalue weighted by Crippen LogP contribution is 2.32. The molecule has 0 heterocycles. The van der Waals surface area contributed by atoms with Crippen LogP contribution in [0.25, 0.3) is 0 Å². The van der Waals surface area contributed by atoms with Gasteiger partial charge in [0.15, 0.2) is 0 Å². The average Bonchev–Trinajstić information content (AvgIpc) is 2.53. The van der Waals surface area contributed by atoms with Crippen molar-refractivity contribution in [1.82, 2.24) is 5.32 Å². The van der Waals surface area contributed by atoms with Crippen molar-refractivity contribution in [2.45, 2.75) is 62.2 Å². The molecule has 0 saturated heterocycles. The molecule has 0 aliphatic heterocycles. The molecular formula is C18H25NO3S. The summed E-state index contributed by atoms with van der Waals surface area (Å²) < 4.78 is 23.5. The number of carbonyl (C=O) groups is 1. The van der Waals surface area contributed by atoms with Crippen LogP contribution in [0.4, 0.5) is 0 Å². The number of benzene rings is 1. The normalized spacial score (nSPS) is 28.0. The van der Waals surface area contributed by atoms with Gasteiger partial charge < -0.3 is 5.32 Å². The molecule has 1 aromatic rings. The molecule has 23 heavy (non-hydrogen) atoms. The van der Waals surface area contributed by atoms with Gasteiger partial charge in [-0.1, -0.05) is 30.7 Å². The third-order valence-corrected chi connectivity index (χ3v) is 6.90. The van der Waals surface area contributed by atoms with E-state index in [1.165, 1.54) is 11.8 Å². The van der Waals surface area contributed by atoms with Crippen molar-refractivity contribution in [2.75, 3.05) is 6.26 Å². The Bertz CT molecular complexity index is 683. The van der Waals surface area contributed by atoms with Crippen molar-refractivity contribution < 1.29 is 13.2 Å². The minimum atomic E-state index is -3.02. The first kappa shape index (κ1) is 16.5. The van der Waals surface area contributed by atoms with E-state index in [4.69, 9.17) is 0 Å². The van der Waals surface area contributed by atoms with Crippen LogP contribution in [0.3, 0.4) is 0 Å². The second-order valence-electron chi connectivity index (χ2n) is 6.97. The molecule has 1 amide bonds. The molecule has 2 aliphatic rings. The molecule has 0 unspecified atom stereocenters. The van der Waals surface area contributed by atoms with Gasteiger partial charge in [-0.05, 0) is 49.7 Å². The number of nitrogens with one attached hydrogen (secondary N) is 1. The molecule has 0 bridgehead atoms. The summed E-state index contributed by atoms with van der Waals surface area (Å²) in [7, 11) is -3.02. The number of hydrogen-bond acceptors (Lipinski definition) is 3. The zero-order valence-electron chi connectivity index (χ0n) is 13.6. The molecule has 5 heteroatoms. The summed E-state index contributed by atoms with van der Waals surface area (Å²) in [5.74, 6) is -0.0186. The molecular weight excluding hydrogens is 310 g/mol. The molecule has 1 fully saturated rings. The van der Waals surface area contributed by atoms with E-state index in [2.05, 4.69) is 17.4 Å². The summed E-state index contributed by atoms with van der Waals surface area (Å²) in [6.45, 7) is 0. The van der Waals surface area contributed by atoms with E-state index in [0.29, 0.717) is 6.42 Å². The van der Waals surface area contributed by atoms with Crippen molar-refractivity contribution >= 4 is 15.7 Å². The first-order valence-corrected chi connectivity index (χ1v) is 10.5. The zero-order valence-corrected chi connectivity index (χ0v) is 14.4. The van der Waals surface area contributed by atoms with Crippen molar-refractivity contribution in [3.05, 3.63) is 35.4 Å². The number of aryl methyl sites for hydroxylation is 1. The second-order valence-corrected chi connectivity index (χ2v) is 9.29. The van der Waals surface area contributed by atoms with Gasteiger partial charge in [-0.3, -0.25) is 4.79 Å². The van der Waals surface area contributed by atoms with E-state index in [9.17, 15) is 13.2 Å². The molecule has 0 spiro atoms. The van der Waals surface area contributed by atoms with E-state index in [-0.39, 0.29) is 23.1 Å². The Morgan fingerprint density at radius 3 is 2.70 bits per heavy atom. The second kappa shape index (κ2) is 6.63. The third-order valence-electron chi connectivity index (χ3n) is 5.26. The van der Waals surface area contributed by atoms with Crippen LogP contribution in [0.1, 0.15) is 55.6 Å². The van der Waals surface area contributed by atoms with Crippen molar-refractivity contribution in [1.29, 1.82) is 0 Å². The summed E-state index contributed by atoms with van der Waals surface area (Å²) in [4.78, 5) is 12.7. The average molecular weight is 335 g/mol. The van der Waals surface area contributed by atoms with Gasteiger partial charge in [0.2, 0.25) is 5.91 Å². The van der Waals surface area contributed by atoms with E-state index in [1.54, 1.807) is 0 Å². The topological polar surface area (TPSA) is 63.2 Å². The third kappa shape index (κ3) is 3.77. The number of sulfone groups is 1. The Morgan fingerprint density at radius 1 is 1.13 bits per heavy atom. The first-order valence-electron chi connectivity index (χ1n) is 8.52. The Balaban J connectivity index is 1.68. The van der Waals surface area contributed by atoms with Gasteiger partial charge in [-0.25, -0.2) is 8.42 Å². The maximum atomic E-state index is 12.7. The van der Waals surface area contributed by atoms with Gasteiger partial charge in [-0.2, -0.15) is 0 Å². The van der Waals surface area contributed by atoms with Crippen LogP contribution in [0.2, 0.25) is 0 Å². The van der Waals surface area contributed by atoms with Gasteiger partial charge in [0.1, 0.15) is 9.84 Å². The van der Waals surface area contributed by atoms with E-state index in [0.717, 1.165) is 44.1 Å². The predicted molar refractivity (Wildman–Crippen MR) is 91.2 cm³/mol. The summed E-state index contributed by atoms with van der Waals surface area (Å²) in [6, 6.07) is 8.17. The minimum Gasteiger partial charge on any atom is -0.353 e. The van der Waals surface area contributed by atoms with E-state index < -0.39 is 9.84 Å². The zero-order chi connectivity index (χ0) is 16.4. The standard InChI is InChI=1S/C18H25NO3S/c1-23(21,22)15-9-5-8-14(12-15)19-18(20)17-11-4-7-13-6-2-3-10-16(13)17/h2-3,6,10,14-15,17H,4-5,7-9,11-12H2,1H3,(H,19,20)/t14-,15-,17-/m1/s1. The fraction of sp³-hybridized carbons (Fsp3) is 0.611. The van der Waals surface area contributed by atoms with Crippen LogP contribution in [-0.4, -0.2) is 31.9 Å². The molecule has 2 aliphatic carbocycles. The summed E-state index contributed by atoms with van der Waals surface area (Å²) in [6.07, 6.45) is 7.28. The fourth-order valence-electron chi connectivity index (χ4n) is 3.99. The van der Waals surface area contributed by atoms with E-state index >= 15 is 0 Å². The van der Waals surface area contributed by atoms with Crippen LogP contribution in [0, 0.1) is 0 Å². The van der Waals surface area contributed by atoms with Crippen molar-refractivity contribution in [3.63, 3.8) is 0 Å². The molecule has 0 aromatic heterocycles. The Kier molecular flexibility index (Phi) is 4.76. The number of rotatable bonds is 3. The van der Waals surface area contributed by atoms with Crippen LogP contribution in [0.5, 0.6) is 0 Å². The summed E-state index contributed by atoms with van der Waals surface area (Å²) in [5.41, 5.74) is 2.42. The molecule has 0 radical (unpaired) electrons. The highest BCUT2D eigenvalue weighted by Gasteiger charge is 2.32. The Morgan fingerprint density at radius 2 is 1.91 bits per heavy atom. The molecule has 3 rings (SSSR count).